The largest absolute Gasteiger partial charge is 0.490 e. The number of hydrogen-bond donors (Lipinski definition) is 2. The van der Waals surface area contributed by atoms with Crippen LogP contribution in [0.3, 0.4) is 0 Å². The first kappa shape index (κ1) is 21.7. The molecule has 1 amide bonds. The van der Waals surface area contributed by atoms with Gasteiger partial charge < -0.3 is 20.1 Å². The van der Waals surface area contributed by atoms with Gasteiger partial charge in [0.25, 0.3) is 5.91 Å². The molecule has 1 atom stereocenters. The minimum Gasteiger partial charge on any atom is -0.490 e. The number of carbonyl (C=O) groups is 1. The third-order valence-corrected chi connectivity index (χ3v) is 5.39. The molecule has 1 saturated heterocycles. The van der Waals surface area contributed by atoms with E-state index in [0.29, 0.717) is 19.0 Å². The van der Waals surface area contributed by atoms with Gasteiger partial charge in [0.05, 0.1) is 17.6 Å². The van der Waals surface area contributed by atoms with Crippen LogP contribution in [0, 0.1) is 6.92 Å². The fourth-order valence-electron chi connectivity index (χ4n) is 3.61. The van der Waals surface area contributed by atoms with Crippen LogP contribution in [-0.2, 0) is 4.79 Å². The third-order valence-electron chi connectivity index (χ3n) is 5.39. The second kappa shape index (κ2) is 9.74. The highest BCUT2D eigenvalue weighted by Crippen LogP contribution is 2.24. The van der Waals surface area contributed by atoms with Crippen molar-refractivity contribution in [1.29, 1.82) is 0 Å². The molecule has 0 bridgehead atoms. The normalized spacial score (nSPS) is 15.3. The van der Waals surface area contributed by atoms with Crippen LogP contribution in [0.15, 0.2) is 54.9 Å². The van der Waals surface area contributed by atoms with E-state index in [1.54, 1.807) is 17.3 Å². The lowest BCUT2D eigenvalue weighted by atomic mass is 10.1. The summed E-state index contributed by atoms with van der Waals surface area (Å²) in [5.74, 6) is 1.07. The summed E-state index contributed by atoms with van der Waals surface area (Å²) in [4.78, 5) is 26.7. The molecule has 3 aromatic rings. The standard InChI is InChI=1S/C24H27N5O3/c1-16-3-6-19(15-26-16)27-24-25-12-9-22(28-24)18-4-7-20(8-5-18)32-21-10-13-29(14-11-21)23(31)17(2)30/h3-9,12,15,17,21,30H,10-11,13-14H2,1-2H3,(H,25,27,28)/t17-/m1/s1. The predicted molar refractivity (Wildman–Crippen MR) is 122 cm³/mol. The maximum atomic E-state index is 11.9. The molecular formula is C24H27N5O3. The number of nitrogens with zero attached hydrogens (tertiary/aromatic N) is 4. The Morgan fingerprint density at radius 1 is 1.12 bits per heavy atom. The summed E-state index contributed by atoms with van der Waals surface area (Å²) in [6, 6.07) is 13.5. The van der Waals surface area contributed by atoms with Crippen molar-refractivity contribution in [2.45, 2.75) is 38.9 Å². The van der Waals surface area contributed by atoms with Crippen molar-refractivity contribution in [1.82, 2.24) is 19.9 Å². The number of nitrogens with one attached hydrogen (secondary N) is 1. The van der Waals surface area contributed by atoms with Gasteiger partial charge in [-0.25, -0.2) is 9.97 Å². The zero-order chi connectivity index (χ0) is 22.5. The molecule has 0 radical (unpaired) electrons. The van der Waals surface area contributed by atoms with Crippen molar-refractivity contribution in [2.24, 2.45) is 0 Å². The number of carbonyl (C=O) groups excluding carboxylic acids is 1. The summed E-state index contributed by atoms with van der Waals surface area (Å²) in [7, 11) is 0. The first-order valence-corrected chi connectivity index (χ1v) is 10.7. The number of ether oxygens (including phenoxy) is 1. The number of amides is 1. The molecule has 1 aliphatic rings. The minimum atomic E-state index is -0.953. The molecular weight excluding hydrogens is 406 g/mol. The van der Waals surface area contributed by atoms with E-state index in [9.17, 15) is 9.90 Å². The summed E-state index contributed by atoms with van der Waals surface area (Å²) in [5.41, 5.74) is 3.55. The third kappa shape index (κ3) is 5.39. The summed E-state index contributed by atoms with van der Waals surface area (Å²) in [5, 5.41) is 12.6. The fraction of sp³-hybridized carbons (Fsp3) is 0.333. The Balaban J connectivity index is 1.36. The summed E-state index contributed by atoms with van der Waals surface area (Å²) in [6.07, 6.45) is 4.06. The number of anilines is 2. The molecule has 4 rings (SSSR count). The van der Waals surface area contributed by atoms with E-state index in [2.05, 4.69) is 20.3 Å². The average molecular weight is 434 g/mol. The first-order chi connectivity index (χ1) is 15.5. The lowest BCUT2D eigenvalue weighted by molar-refractivity contribution is -0.141. The molecule has 1 aliphatic heterocycles. The zero-order valence-corrected chi connectivity index (χ0v) is 18.2. The Hall–Kier alpha value is -3.52. The molecule has 2 aromatic heterocycles. The van der Waals surface area contributed by atoms with Gasteiger partial charge in [-0.1, -0.05) is 0 Å². The van der Waals surface area contributed by atoms with Crippen LogP contribution in [-0.4, -0.2) is 56.2 Å². The molecule has 3 heterocycles. The number of likely N-dealkylation sites (tertiary alicyclic amines) is 1. The number of rotatable bonds is 6. The van der Waals surface area contributed by atoms with Crippen molar-refractivity contribution < 1.29 is 14.6 Å². The molecule has 8 nitrogen and oxygen atoms in total. The molecule has 1 aromatic carbocycles. The minimum absolute atomic E-state index is 0.0527. The number of aryl methyl sites for hydroxylation is 1. The quantitative estimate of drug-likeness (QED) is 0.615. The molecule has 2 N–H and O–H groups in total. The molecule has 32 heavy (non-hydrogen) atoms. The van der Waals surface area contributed by atoms with Gasteiger partial charge in [0, 0.05) is 43.4 Å². The van der Waals surface area contributed by atoms with Gasteiger partial charge in [-0.15, -0.1) is 0 Å². The zero-order valence-electron chi connectivity index (χ0n) is 18.2. The van der Waals surface area contributed by atoms with Crippen molar-refractivity contribution in [2.75, 3.05) is 18.4 Å². The van der Waals surface area contributed by atoms with Gasteiger partial charge >= 0.3 is 0 Å². The van der Waals surface area contributed by atoms with Crippen LogP contribution < -0.4 is 10.1 Å². The Kier molecular flexibility index (Phi) is 6.61. The highest BCUT2D eigenvalue weighted by Gasteiger charge is 2.25. The maximum Gasteiger partial charge on any atom is 0.251 e. The summed E-state index contributed by atoms with van der Waals surface area (Å²) < 4.78 is 6.09. The highest BCUT2D eigenvalue weighted by atomic mass is 16.5. The topological polar surface area (TPSA) is 100 Å². The van der Waals surface area contributed by atoms with Gasteiger partial charge in [0.1, 0.15) is 18.0 Å². The Morgan fingerprint density at radius 2 is 1.88 bits per heavy atom. The van der Waals surface area contributed by atoms with Gasteiger partial charge in [-0.3, -0.25) is 9.78 Å². The monoisotopic (exact) mass is 433 g/mol. The van der Waals surface area contributed by atoms with E-state index in [-0.39, 0.29) is 12.0 Å². The SMILES string of the molecule is Cc1ccc(Nc2nccc(-c3ccc(OC4CCN(C(=O)[C@@H](C)O)CC4)cc3)n2)cn1. The fourth-order valence-corrected chi connectivity index (χ4v) is 3.61. The van der Waals surface area contributed by atoms with Crippen LogP contribution in [0.5, 0.6) is 5.75 Å². The van der Waals surface area contributed by atoms with Gasteiger partial charge in [0.2, 0.25) is 5.95 Å². The predicted octanol–water partition coefficient (Wildman–Crippen LogP) is 3.34. The van der Waals surface area contributed by atoms with Gasteiger partial charge in [-0.05, 0) is 56.3 Å². The second-order valence-corrected chi connectivity index (χ2v) is 7.92. The van der Waals surface area contributed by atoms with E-state index < -0.39 is 6.10 Å². The van der Waals surface area contributed by atoms with Crippen molar-refractivity contribution in [3.8, 4) is 17.0 Å². The Bertz CT molecular complexity index is 1050. The van der Waals surface area contributed by atoms with Crippen LogP contribution >= 0.6 is 0 Å². The smallest absolute Gasteiger partial charge is 0.251 e. The van der Waals surface area contributed by atoms with Crippen LogP contribution in [0.4, 0.5) is 11.6 Å². The lowest BCUT2D eigenvalue weighted by Gasteiger charge is -2.32. The second-order valence-electron chi connectivity index (χ2n) is 7.92. The van der Waals surface area contributed by atoms with Crippen molar-refractivity contribution in [3.05, 3.63) is 60.6 Å². The van der Waals surface area contributed by atoms with E-state index in [0.717, 1.165) is 41.2 Å². The van der Waals surface area contributed by atoms with Crippen LogP contribution in [0.25, 0.3) is 11.3 Å². The first-order valence-electron chi connectivity index (χ1n) is 10.7. The van der Waals surface area contributed by atoms with Crippen LogP contribution in [0.1, 0.15) is 25.5 Å². The van der Waals surface area contributed by atoms with Gasteiger partial charge in [0.15, 0.2) is 0 Å². The number of pyridine rings is 1. The number of aliphatic hydroxyl groups is 1. The number of piperidine rings is 1. The molecule has 0 aliphatic carbocycles. The molecule has 0 spiro atoms. The Morgan fingerprint density at radius 3 is 2.53 bits per heavy atom. The van der Waals surface area contributed by atoms with Crippen molar-refractivity contribution in [3.63, 3.8) is 0 Å². The summed E-state index contributed by atoms with van der Waals surface area (Å²) >= 11 is 0. The van der Waals surface area contributed by atoms with E-state index in [1.807, 2.05) is 49.4 Å². The lowest BCUT2D eigenvalue weighted by Crippen LogP contribution is -2.45. The van der Waals surface area contributed by atoms with Crippen LogP contribution in [0.2, 0.25) is 0 Å². The maximum absolute atomic E-state index is 11.9. The number of aromatic nitrogens is 3. The summed E-state index contributed by atoms with van der Waals surface area (Å²) in [6.45, 7) is 4.64. The molecule has 0 unspecified atom stereocenters. The molecule has 0 saturated carbocycles. The Labute approximate surface area is 187 Å². The molecule has 8 heteroatoms. The van der Waals surface area contributed by atoms with E-state index in [4.69, 9.17) is 4.74 Å². The van der Waals surface area contributed by atoms with Gasteiger partial charge in [-0.2, -0.15) is 0 Å². The molecule has 1 fully saturated rings. The number of aliphatic hydroxyl groups excluding tert-OH is 1. The molecule has 166 valence electrons. The average Bonchev–Trinajstić information content (AvgIpc) is 2.81. The van der Waals surface area contributed by atoms with E-state index >= 15 is 0 Å². The van der Waals surface area contributed by atoms with Crippen molar-refractivity contribution >= 4 is 17.5 Å². The highest BCUT2D eigenvalue weighted by molar-refractivity contribution is 5.80. The number of hydrogen-bond acceptors (Lipinski definition) is 7. The number of benzene rings is 1. The van der Waals surface area contributed by atoms with E-state index in [1.165, 1.54) is 6.92 Å².